The predicted molar refractivity (Wildman–Crippen MR) is 77.7 cm³/mol. The first kappa shape index (κ1) is 14.4. The Hall–Kier alpha value is -2.96. The van der Waals surface area contributed by atoms with Gasteiger partial charge >= 0.3 is 0 Å². The average molecular weight is 286 g/mol. The van der Waals surface area contributed by atoms with Gasteiger partial charge in [-0.3, -0.25) is 19.9 Å². The Morgan fingerprint density at radius 1 is 1.43 bits per heavy atom. The van der Waals surface area contributed by atoms with Gasteiger partial charge in [-0.2, -0.15) is 0 Å². The standard InChI is InChI=1S/C14H14N4O3/c1-9-10(3-2-4-13(9)18(20)21)7-17-14(19)11-5-6-16-8-12(11)15/h2-6,8H,7,15H2,1H3,(H,17,19). The number of nitro groups is 1. The molecule has 0 aliphatic rings. The summed E-state index contributed by atoms with van der Waals surface area (Å²) in [7, 11) is 0. The first-order valence-electron chi connectivity index (χ1n) is 6.21. The molecule has 0 saturated heterocycles. The fraction of sp³-hybridized carbons (Fsp3) is 0.143. The lowest BCUT2D eigenvalue weighted by molar-refractivity contribution is -0.385. The van der Waals surface area contributed by atoms with Crippen LogP contribution in [0.5, 0.6) is 0 Å². The maximum Gasteiger partial charge on any atom is 0.272 e. The van der Waals surface area contributed by atoms with E-state index in [0.29, 0.717) is 16.7 Å². The minimum atomic E-state index is -0.443. The van der Waals surface area contributed by atoms with Gasteiger partial charge < -0.3 is 11.1 Å². The molecule has 1 aromatic carbocycles. The monoisotopic (exact) mass is 286 g/mol. The molecule has 1 amide bonds. The van der Waals surface area contributed by atoms with Crippen molar-refractivity contribution in [1.29, 1.82) is 0 Å². The normalized spacial score (nSPS) is 10.1. The number of carbonyl (C=O) groups is 1. The summed E-state index contributed by atoms with van der Waals surface area (Å²) in [6.07, 6.45) is 2.87. The topological polar surface area (TPSA) is 111 Å². The molecule has 7 heteroatoms. The van der Waals surface area contributed by atoms with Gasteiger partial charge in [-0.15, -0.1) is 0 Å². The second kappa shape index (κ2) is 6.00. The molecular formula is C14H14N4O3. The number of nitrogens with two attached hydrogens (primary N) is 1. The molecule has 0 saturated carbocycles. The molecule has 2 aromatic rings. The SMILES string of the molecule is Cc1c(CNC(=O)c2ccncc2N)cccc1[N+](=O)[O-]. The number of amides is 1. The molecule has 0 aliphatic carbocycles. The first-order valence-corrected chi connectivity index (χ1v) is 6.21. The Morgan fingerprint density at radius 2 is 2.19 bits per heavy atom. The zero-order chi connectivity index (χ0) is 15.4. The highest BCUT2D eigenvalue weighted by Gasteiger charge is 2.14. The number of carbonyl (C=O) groups excluding carboxylic acids is 1. The van der Waals surface area contributed by atoms with Crippen molar-refractivity contribution in [2.24, 2.45) is 0 Å². The molecule has 7 nitrogen and oxygen atoms in total. The summed E-state index contributed by atoms with van der Waals surface area (Å²) in [6.45, 7) is 1.84. The van der Waals surface area contributed by atoms with Gasteiger partial charge in [-0.05, 0) is 18.6 Å². The molecule has 3 N–H and O–H groups in total. The van der Waals surface area contributed by atoms with E-state index in [0.717, 1.165) is 0 Å². The molecule has 108 valence electrons. The maximum absolute atomic E-state index is 12.0. The number of nitrogens with zero attached hydrogens (tertiary/aromatic N) is 2. The van der Waals surface area contributed by atoms with Crippen LogP contribution in [0.3, 0.4) is 0 Å². The van der Waals surface area contributed by atoms with Gasteiger partial charge in [0.1, 0.15) is 0 Å². The van der Waals surface area contributed by atoms with Crippen LogP contribution < -0.4 is 11.1 Å². The Balaban J connectivity index is 2.14. The van der Waals surface area contributed by atoms with E-state index in [2.05, 4.69) is 10.3 Å². The second-order valence-electron chi connectivity index (χ2n) is 4.46. The van der Waals surface area contributed by atoms with E-state index in [9.17, 15) is 14.9 Å². The lowest BCUT2D eigenvalue weighted by Gasteiger charge is -2.09. The van der Waals surface area contributed by atoms with Crippen molar-refractivity contribution in [2.45, 2.75) is 13.5 Å². The van der Waals surface area contributed by atoms with Gasteiger partial charge in [0.25, 0.3) is 11.6 Å². The number of anilines is 1. The highest BCUT2D eigenvalue weighted by atomic mass is 16.6. The number of rotatable bonds is 4. The average Bonchev–Trinajstić information content (AvgIpc) is 2.46. The summed E-state index contributed by atoms with van der Waals surface area (Å²) in [4.78, 5) is 26.3. The second-order valence-corrected chi connectivity index (χ2v) is 4.46. The highest BCUT2D eigenvalue weighted by Crippen LogP contribution is 2.21. The number of nitro benzene ring substituents is 1. The molecule has 2 rings (SSSR count). The molecule has 0 atom stereocenters. The Morgan fingerprint density at radius 3 is 2.86 bits per heavy atom. The summed E-state index contributed by atoms with van der Waals surface area (Å²) < 4.78 is 0. The van der Waals surface area contributed by atoms with Gasteiger partial charge in [-0.1, -0.05) is 12.1 Å². The zero-order valence-electron chi connectivity index (χ0n) is 11.4. The van der Waals surface area contributed by atoms with E-state index in [1.807, 2.05) is 0 Å². The van der Waals surface area contributed by atoms with Crippen molar-refractivity contribution in [1.82, 2.24) is 10.3 Å². The van der Waals surface area contributed by atoms with Crippen molar-refractivity contribution >= 4 is 17.3 Å². The van der Waals surface area contributed by atoms with Gasteiger partial charge in [0.2, 0.25) is 0 Å². The minimum Gasteiger partial charge on any atom is -0.397 e. The fourth-order valence-corrected chi connectivity index (χ4v) is 1.94. The maximum atomic E-state index is 12.0. The van der Waals surface area contributed by atoms with Gasteiger partial charge in [0, 0.05) is 24.4 Å². The first-order chi connectivity index (χ1) is 10.0. The molecular weight excluding hydrogens is 272 g/mol. The van der Waals surface area contributed by atoms with Crippen molar-refractivity contribution in [3.63, 3.8) is 0 Å². The van der Waals surface area contributed by atoms with E-state index < -0.39 is 4.92 Å². The Labute approximate surface area is 121 Å². The van der Waals surface area contributed by atoms with E-state index in [-0.39, 0.29) is 23.8 Å². The number of hydrogen-bond donors (Lipinski definition) is 2. The van der Waals surface area contributed by atoms with Crippen LogP contribution in [0.1, 0.15) is 21.5 Å². The molecule has 1 heterocycles. The molecule has 0 unspecified atom stereocenters. The molecule has 0 spiro atoms. The van der Waals surface area contributed by atoms with E-state index >= 15 is 0 Å². The predicted octanol–water partition coefficient (Wildman–Crippen LogP) is 1.81. The fourth-order valence-electron chi connectivity index (χ4n) is 1.94. The minimum absolute atomic E-state index is 0.0326. The number of hydrogen-bond acceptors (Lipinski definition) is 5. The van der Waals surface area contributed by atoms with E-state index in [1.54, 1.807) is 19.1 Å². The van der Waals surface area contributed by atoms with Gasteiger partial charge in [0.05, 0.1) is 22.4 Å². The summed E-state index contributed by atoms with van der Waals surface area (Å²) >= 11 is 0. The van der Waals surface area contributed by atoms with Crippen LogP contribution in [0.4, 0.5) is 11.4 Å². The Bertz CT molecular complexity index is 700. The zero-order valence-corrected chi connectivity index (χ0v) is 11.4. The summed E-state index contributed by atoms with van der Waals surface area (Å²) in [5, 5.41) is 13.6. The number of nitrogens with one attached hydrogen (secondary N) is 1. The third kappa shape index (κ3) is 3.14. The lowest BCUT2D eigenvalue weighted by atomic mass is 10.1. The third-order valence-corrected chi connectivity index (χ3v) is 3.15. The van der Waals surface area contributed by atoms with E-state index in [1.165, 1.54) is 24.5 Å². The third-order valence-electron chi connectivity index (χ3n) is 3.15. The molecule has 1 aromatic heterocycles. The van der Waals surface area contributed by atoms with Crippen LogP contribution in [0.25, 0.3) is 0 Å². The van der Waals surface area contributed by atoms with Crippen LogP contribution in [0.2, 0.25) is 0 Å². The molecule has 0 fully saturated rings. The lowest BCUT2D eigenvalue weighted by Crippen LogP contribution is -2.24. The Kier molecular flexibility index (Phi) is 4.13. The summed E-state index contributed by atoms with van der Waals surface area (Å²) in [6, 6.07) is 6.28. The van der Waals surface area contributed by atoms with Gasteiger partial charge in [0.15, 0.2) is 0 Å². The van der Waals surface area contributed by atoms with Crippen molar-refractivity contribution in [3.05, 3.63) is 63.5 Å². The number of nitrogen functional groups attached to an aromatic ring is 1. The van der Waals surface area contributed by atoms with Crippen molar-refractivity contribution in [2.75, 3.05) is 5.73 Å². The van der Waals surface area contributed by atoms with Gasteiger partial charge in [-0.25, -0.2) is 0 Å². The van der Waals surface area contributed by atoms with Crippen molar-refractivity contribution < 1.29 is 9.72 Å². The number of aromatic nitrogens is 1. The molecule has 0 bridgehead atoms. The largest absolute Gasteiger partial charge is 0.397 e. The smallest absolute Gasteiger partial charge is 0.272 e. The van der Waals surface area contributed by atoms with Crippen LogP contribution >= 0.6 is 0 Å². The summed E-state index contributed by atoms with van der Waals surface area (Å²) in [5.41, 5.74) is 7.53. The number of benzene rings is 1. The van der Waals surface area contributed by atoms with Crippen LogP contribution in [0, 0.1) is 17.0 Å². The molecule has 21 heavy (non-hydrogen) atoms. The van der Waals surface area contributed by atoms with E-state index in [4.69, 9.17) is 5.73 Å². The quantitative estimate of drug-likeness (QED) is 0.657. The van der Waals surface area contributed by atoms with Crippen LogP contribution in [-0.4, -0.2) is 15.8 Å². The number of pyridine rings is 1. The van der Waals surface area contributed by atoms with Crippen LogP contribution in [0.15, 0.2) is 36.7 Å². The van der Waals surface area contributed by atoms with Crippen LogP contribution in [-0.2, 0) is 6.54 Å². The van der Waals surface area contributed by atoms with Crippen molar-refractivity contribution in [3.8, 4) is 0 Å². The highest BCUT2D eigenvalue weighted by molar-refractivity contribution is 5.98. The molecule has 0 radical (unpaired) electrons. The molecule has 0 aliphatic heterocycles. The summed E-state index contributed by atoms with van der Waals surface area (Å²) in [5.74, 6) is -0.346.